The summed E-state index contributed by atoms with van der Waals surface area (Å²) in [7, 11) is 1.61. The molecule has 8 nitrogen and oxygen atoms in total. The van der Waals surface area contributed by atoms with Crippen molar-refractivity contribution >= 4 is 23.2 Å². The molecule has 1 fully saturated rings. The van der Waals surface area contributed by atoms with Crippen molar-refractivity contribution in [2.75, 3.05) is 13.6 Å². The molecular weight excluding hydrogens is 427 g/mol. The molecule has 2 aromatic carbocycles. The van der Waals surface area contributed by atoms with E-state index in [0.717, 1.165) is 25.7 Å². The highest BCUT2D eigenvalue weighted by Crippen LogP contribution is 2.34. The van der Waals surface area contributed by atoms with E-state index in [2.05, 4.69) is 5.10 Å². The number of nitro groups is 1. The van der Waals surface area contributed by atoms with Crippen LogP contribution in [-0.4, -0.2) is 46.0 Å². The van der Waals surface area contributed by atoms with Gasteiger partial charge in [0, 0.05) is 31.5 Å². The number of non-ortho nitro benzene ring substituents is 1. The van der Waals surface area contributed by atoms with Crippen LogP contribution in [0.3, 0.4) is 0 Å². The van der Waals surface area contributed by atoms with Crippen LogP contribution in [0, 0.1) is 21.8 Å². The number of nitro benzene ring substituents is 1. The highest BCUT2D eigenvalue weighted by molar-refractivity contribution is 6.03. The first kappa shape index (κ1) is 22.6. The molecule has 2 aliphatic rings. The molecule has 2 amide bonds. The number of hydrogen-bond donors (Lipinski definition) is 0. The largest absolute Gasteiger partial charge is 0.336 e. The number of carbonyl (C=O) groups excluding carboxylic acids is 2. The molecule has 33 heavy (non-hydrogen) atoms. The van der Waals surface area contributed by atoms with E-state index in [0.29, 0.717) is 23.3 Å². The number of likely N-dealkylation sites (N-methyl/N-ethyl adjacent to an activating group) is 1. The van der Waals surface area contributed by atoms with E-state index >= 15 is 0 Å². The summed E-state index contributed by atoms with van der Waals surface area (Å²) in [5, 5.41) is 17.1. The highest BCUT2D eigenvalue weighted by atomic mass is 19.1. The van der Waals surface area contributed by atoms with Crippen LogP contribution < -0.4 is 0 Å². The normalized spacial score (nSPS) is 18.3. The molecule has 0 N–H and O–H groups in total. The molecule has 0 radical (unpaired) electrons. The van der Waals surface area contributed by atoms with E-state index in [1.165, 1.54) is 34.2 Å². The fraction of sp³-hybridized carbons (Fsp3) is 0.375. The van der Waals surface area contributed by atoms with Crippen LogP contribution in [0.4, 0.5) is 10.1 Å². The molecule has 0 saturated heterocycles. The van der Waals surface area contributed by atoms with E-state index in [-0.39, 0.29) is 35.8 Å². The number of hydrazone groups is 1. The number of rotatable bonds is 6. The maximum atomic E-state index is 13.4. The van der Waals surface area contributed by atoms with Gasteiger partial charge in [-0.05, 0) is 36.1 Å². The Morgan fingerprint density at radius 3 is 2.55 bits per heavy atom. The zero-order valence-corrected chi connectivity index (χ0v) is 18.3. The summed E-state index contributed by atoms with van der Waals surface area (Å²) in [4.78, 5) is 38.2. The van der Waals surface area contributed by atoms with Crippen molar-refractivity contribution in [3.8, 4) is 0 Å². The number of nitrogens with zero attached hydrogens (tertiary/aromatic N) is 4. The summed E-state index contributed by atoms with van der Waals surface area (Å²) in [5.41, 5.74) is 1.73. The highest BCUT2D eigenvalue weighted by Gasteiger charge is 2.35. The van der Waals surface area contributed by atoms with Gasteiger partial charge in [0.05, 0.1) is 16.7 Å². The summed E-state index contributed by atoms with van der Waals surface area (Å²) >= 11 is 0. The second-order valence-electron chi connectivity index (χ2n) is 8.54. The third kappa shape index (κ3) is 4.92. The van der Waals surface area contributed by atoms with Crippen molar-refractivity contribution < 1.29 is 18.9 Å². The van der Waals surface area contributed by atoms with Gasteiger partial charge in [0.15, 0.2) is 0 Å². The van der Waals surface area contributed by atoms with Crippen molar-refractivity contribution in [2.45, 2.75) is 38.1 Å². The monoisotopic (exact) mass is 452 g/mol. The molecule has 172 valence electrons. The van der Waals surface area contributed by atoms with Crippen LogP contribution in [0.25, 0.3) is 0 Å². The van der Waals surface area contributed by atoms with Crippen LogP contribution >= 0.6 is 0 Å². The van der Waals surface area contributed by atoms with Gasteiger partial charge < -0.3 is 4.90 Å². The Bertz CT molecular complexity index is 1100. The third-order valence-corrected chi connectivity index (χ3v) is 6.26. The van der Waals surface area contributed by atoms with Gasteiger partial charge in [0.2, 0.25) is 5.91 Å². The van der Waals surface area contributed by atoms with Gasteiger partial charge in [-0.3, -0.25) is 19.7 Å². The summed E-state index contributed by atoms with van der Waals surface area (Å²) in [6, 6.07) is 11.4. The first-order valence-corrected chi connectivity index (χ1v) is 11.0. The van der Waals surface area contributed by atoms with Crippen molar-refractivity contribution in [1.29, 1.82) is 0 Å². The van der Waals surface area contributed by atoms with E-state index in [1.54, 1.807) is 31.3 Å². The molecule has 9 heteroatoms. The molecule has 1 aliphatic carbocycles. The van der Waals surface area contributed by atoms with Gasteiger partial charge in [-0.25, -0.2) is 9.40 Å². The van der Waals surface area contributed by atoms with Crippen LogP contribution in [0.1, 0.15) is 49.3 Å². The Morgan fingerprint density at radius 1 is 1.18 bits per heavy atom. The Morgan fingerprint density at radius 2 is 1.88 bits per heavy atom. The first-order chi connectivity index (χ1) is 15.8. The Labute approximate surface area is 190 Å². The summed E-state index contributed by atoms with van der Waals surface area (Å²) in [6.07, 6.45) is 4.03. The molecule has 0 spiro atoms. The van der Waals surface area contributed by atoms with Crippen LogP contribution in [-0.2, 0) is 9.59 Å². The minimum absolute atomic E-state index is 0.0466. The maximum absolute atomic E-state index is 13.4. The maximum Gasteiger partial charge on any atom is 0.269 e. The predicted octanol–water partition coefficient (Wildman–Crippen LogP) is 4.06. The number of benzene rings is 2. The SMILES string of the molecule is CN(CC(=O)N1N=C(c2ccc(F)cc2)C[C@H]1c1cccc([N+](=O)[O-])c1)C(=O)C1CCCC1. The average Bonchev–Trinajstić information content (AvgIpc) is 3.50. The van der Waals surface area contributed by atoms with Gasteiger partial charge in [0.1, 0.15) is 12.4 Å². The second-order valence-corrected chi connectivity index (χ2v) is 8.54. The van der Waals surface area contributed by atoms with E-state index < -0.39 is 11.0 Å². The van der Waals surface area contributed by atoms with Crippen LogP contribution in [0.5, 0.6) is 0 Å². The van der Waals surface area contributed by atoms with Gasteiger partial charge >= 0.3 is 0 Å². The van der Waals surface area contributed by atoms with Crippen molar-refractivity contribution in [3.05, 3.63) is 75.6 Å². The third-order valence-electron chi connectivity index (χ3n) is 6.26. The Balaban J connectivity index is 1.60. The molecular formula is C24H25FN4O4. The predicted molar refractivity (Wildman–Crippen MR) is 120 cm³/mol. The number of hydrogen-bond acceptors (Lipinski definition) is 5. The molecule has 1 saturated carbocycles. The van der Waals surface area contributed by atoms with E-state index in [1.807, 2.05) is 0 Å². The van der Waals surface area contributed by atoms with Gasteiger partial charge in [0.25, 0.3) is 11.6 Å². The minimum Gasteiger partial charge on any atom is -0.336 e. The van der Waals surface area contributed by atoms with Crippen molar-refractivity contribution in [1.82, 2.24) is 9.91 Å². The molecule has 0 aromatic heterocycles. The molecule has 4 rings (SSSR count). The fourth-order valence-corrected chi connectivity index (χ4v) is 4.50. The zero-order valence-electron chi connectivity index (χ0n) is 18.3. The smallest absolute Gasteiger partial charge is 0.269 e. The standard InChI is InChI=1S/C24H25FN4O4/c1-27(24(31)17-5-2-3-6-17)15-23(30)28-22(18-7-4-8-20(13-18)29(32)33)14-21(26-28)16-9-11-19(25)12-10-16/h4,7-13,17,22H,2-3,5-6,14-15H2,1H3/t22-/m0/s1. The van der Waals surface area contributed by atoms with Crippen LogP contribution in [0.2, 0.25) is 0 Å². The Hall–Kier alpha value is -3.62. The molecule has 0 unspecified atom stereocenters. The quantitative estimate of drug-likeness (QED) is 0.488. The first-order valence-electron chi connectivity index (χ1n) is 11.0. The Kier molecular flexibility index (Phi) is 6.48. The lowest BCUT2D eigenvalue weighted by atomic mass is 9.98. The minimum atomic E-state index is -0.563. The van der Waals surface area contributed by atoms with E-state index in [4.69, 9.17) is 0 Å². The molecule has 1 atom stereocenters. The number of carbonyl (C=O) groups is 2. The van der Waals surface area contributed by atoms with Crippen molar-refractivity contribution in [3.63, 3.8) is 0 Å². The molecule has 0 bridgehead atoms. The zero-order chi connectivity index (χ0) is 23.5. The lowest BCUT2D eigenvalue weighted by molar-refractivity contribution is -0.385. The van der Waals surface area contributed by atoms with Gasteiger partial charge in [-0.15, -0.1) is 0 Å². The number of halogens is 1. The fourth-order valence-electron chi connectivity index (χ4n) is 4.50. The van der Waals surface area contributed by atoms with Gasteiger partial charge in [-0.1, -0.05) is 37.1 Å². The second kappa shape index (κ2) is 9.48. The summed E-state index contributed by atoms with van der Waals surface area (Å²) in [6.45, 7) is -0.138. The summed E-state index contributed by atoms with van der Waals surface area (Å²) in [5.74, 6) is -0.855. The number of amides is 2. The lowest BCUT2D eigenvalue weighted by Gasteiger charge is -2.26. The van der Waals surface area contributed by atoms with Gasteiger partial charge in [-0.2, -0.15) is 5.10 Å². The molecule has 1 aliphatic heterocycles. The average molecular weight is 452 g/mol. The topological polar surface area (TPSA) is 96.1 Å². The molecule has 2 aromatic rings. The lowest BCUT2D eigenvalue weighted by Crippen LogP contribution is -2.41. The summed E-state index contributed by atoms with van der Waals surface area (Å²) < 4.78 is 13.4. The molecule has 1 heterocycles. The van der Waals surface area contributed by atoms with Crippen molar-refractivity contribution in [2.24, 2.45) is 11.0 Å². The van der Waals surface area contributed by atoms with E-state index in [9.17, 15) is 24.1 Å². The van der Waals surface area contributed by atoms with Crippen LogP contribution in [0.15, 0.2) is 53.6 Å².